The maximum atomic E-state index is 4.73. The van der Waals surface area contributed by atoms with E-state index in [-0.39, 0.29) is 0 Å². The molecule has 0 saturated carbocycles. The van der Waals surface area contributed by atoms with Crippen molar-refractivity contribution in [2.24, 2.45) is 0 Å². The van der Waals surface area contributed by atoms with Gasteiger partial charge in [0.1, 0.15) is 0 Å². The molecule has 8 heavy (non-hydrogen) atoms. The lowest BCUT2D eigenvalue weighted by atomic mass is 10.4. The minimum atomic E-state index is 0.935. The van der Waals surface area contributed by atoms with Gasteiger partial charge in [-0.2, -0.15) is 0 Å². The first-order chi connectivity index (χ1) is 3.93. The monoisotopic (exact) mass is 144 g/mol. The lowest BCUT2D eigenvalue weighted by Gasteiger charge is -2.13. The fourth-order valence-corrected chi connectivity index (χ4v) is 1.10. The van der Waals surface area contributed by atoms with E-state index in [4.69, 9.17) is 11.7 Å². The van der Waals surface area contributed by atoms with Crippen LogP contribution in [0.25, 0.3) is 0 Å². The average Bonchev–Trinajstić information content (AvgIpc) is 1.90. The summed E-state index contributed by atoms with van der Waals surface area (Å²) in [6.07, 6.45) is 8.03. The molecule has 0 bridgehead atoms. The van der Waals surface area contributed by atoms with E-state index in [9.17, 15) is 0 Å². The third-order valence-electron chi connectivity index (χ3n) is 0.881. The molecule has 43 valence electrons. The van der Waals surface area contributed by atoms with Crippen LogP contribution in [0.3, 0.4) is 0 Å². The third kappa shape index (κ3) is 1.49. The number of hydrogen-bond donors (Lipinski definition) is 0. The zero-order chi connectivity index (χ0) is 5.82. The minimum absolute atomic E-state index is 0.935. The van der Waals surface area contributed by atoms with E-state index in [0.717, 1.165) is 6.54 Å². The van der Waals surface area contributed by atoms with Crippen molar-refractivity contribution in [3.63, 3.8) is 0 Å². The van der Waals surface area contributed by atoms with Crippen molar-refractivity contribution in [3.8, 4) is 0 Å². The zero-order valence-corrected chi connectivity index (χ0v) is 5.91. The lowest BCUT2D eigenvalue weighted by Crippen LogP contribution is -2.06. The van der Waals surface area contributed by atoms with Crippen molar-refractivity contribution in [1.82, 2.24) is 4.31 Å². The van der Waals surface area contributed by atoms with E-state index in [1.165, 1.54) is 11.0 Å². The fraction of sp³-hybridized carbons (Fsp3) is 0.200. The molecule has 0 aromatic rings. The Kier molecular flexibility index (Phi) is 2.36. The second-order valence-electron chi connectivity index (χ2n) is 1.44. The molecular weight excluding hydrogens is 138 g/mol. The molecule has 1 aliphatic rings. The first kappa shape index (κ1) is 6.11. The Labute approximate surface area is 58.4 Å². The highest BCUT2D eigenvalue weighted by Gasteiger charge is 1.94. The van der Waals surface area contributed by atoms with Gasteiger partial charge in [0, 0.05) is 35.4 Å². The maximum Gasteiger partial charge on any atom is 0.0481 e. The van der Waals surface area contributed by atoms with Crippen LogP contribution in [0.2, 0.25) is 0 Å². The van der Waals surface area contributed by atoms with Crippen LogP contribution < -0.4 is 0 Å². The molecule has 0 amide bonds. The molecule has 3 heteroatoms. The lowest BCUT2D eigenvalue weighted by molar-refractivity contribution is 0.698. The van der Waals surface area contributed by atoms with Crippen molar-refractivity contribution in [2.75, 3.05) is 6.54 Å². The predicted octanol–water partition coefficient (Wildman–Crippen LogP) is 2.13. The Hall–Kier alpha value is -0.0200. The normalized spacial score (nSPS) is 17.4. The summed E-state index contributed by atoms with van der Waals surface area (Å²) in [7, 11) is 1.32. The summed E-state index contributed by atoms with van der Waals surface area (Å²) in [4.78, 5) is 0. The SMILES string of the molecule is [S]SN1C=CC=CC1. The third-order valence-corrected chi connectivity index (χ3v) is 1.92. The first-order valence-corrected chi connectivity index (χ1v) is 4.03. The molecule has 0 aromatic carbocycles. The highest BCUT2D eigenvalue weighted by Crippen LogP contribution is 2.15. The fourth-order valence-electron chi connectivity index (χ4n) is 0.505. The van der Waals surface area contributed by atoms with Crippen molar-refractivity contribution < 1.29 is 0 Å². The Bertz CT molecular complexity index is 120. The second kappa shape index (κ2) is 3.10. The van der Waals surface area contributed by atoms with Crippen LogP contribution in [0.15, 0.2) is 24.4 Å². The van der Waals surface area contributed by atoms with Gasteiger partial charge in [-0.05, 0) is 6.08 Å². The van der Waals surface area contributed by atoms with Gasteiger partial charge in [0.15, 0.2) is 0 Å². The number of rotatable bonds is 1. The minimum Gasteiger partial charge on any atom is -0.310 e. The standard InChI is InChI=1S/C5H6NS2/c7-8-6-4-2-1-3-5-6/h1-4H,5H2. The smallest absolute Gasteiger partial charge is 0.0481 e. The van der Waals surface area contributed by atoms with Crippen LogP contribution in [0.1, 0.15) is 0 Å². The molecule has 0 saturated heterocycles. The van der Waals surface area contributed by atoms with E-state index in [1.54, 1.807) is 0 Å². The van der Waals surface area contributed by atoms with Gasteiger partial charge in [-0.15, -0.1) is 0 Å². The molecule has 0 aromatic heterocycles. The molecule has 1 nitrogen and oxygen atoms in total. The number of allylic oxidation sites excluding steroid dienone is 2. The van der Waals surface area contributed by atoms with Gasteiger partial charge in [-0.3, -0.25) is 0 Å². The zero-order valence-electron chi connectivity index (χ0n) is 4.28. The largest absolute Gasteiger partial charge is 0.310 e. The Morgan fingerprint density at radius 1 is 1.50 bits per heavy atom. The molecule has 0 spiro atoms. The molecule has 1 aliphatic heterocycles. The van der Waals surface area contributed by atoms with Crippen LogP contribution >= 0.6 is 22.6 Å². The van der Waals surface area contributed by atoms with Gasteiger partial charge in [-0.1, -0.05) is 12.2 Å². The highest BCUT2D eigenvalue weighted by atomic mass is 33.1. The van der Waals surface area contributed by atoms with Gasteiger partial charge < -0.3 is 4.31 Å². The summed E-state index contributed by atoms with van der Waals surface area (Å²) in [5.74, 6) is 0. The van der Waals surface area contributed by atoms with Crippen molar-refractivity contribution in [2.45, 2.75) is 0 Å². The molecule has 0 N–H and O–H groups in total. The van der Waals surface area contributed by atoms with Crippen molar-refractivity contribution in [3.05, 3.63) is 24.4 Å². The van der Waals surface area contributed by atoms with Crippen LogP contribution in [-0.4, -0.2) is 10.8 Å². The van der Waals surface area contributed by atoms with E-state index in [1.807, 2.05) is 22.7 Å². The van der Waals surface area contributed by atoms with Crippen LogP contribution in [-0.2, 0) is 0 Å². The Balaban J connectivity index is 2.40. The summed E-state index contributed by atoms with van der Waals surface area (Å²) in [6.45, 7) is 0.935. The summed E-state index contributed by atoms with van der Waals surface area (Å²) in [5.41, 5.74) is 0. The molecule has 0 atom stereocenters. The van der Waals surface area contributed by atoms with Crippen molar-refractivity contribution in [1.29, 1.82) is 0 Å². The first-order valence-electron chi connectivity index (χ1n) is 2.33. The Morgan fingerprint density at radius 2 is 2.38 bits per heavy atom. The summed E-state index contributed by atoms with van der Waals surface area (Å²) in [5, 5.41) is 0. The Morgan fingerprint density at radius 3 is 2.75 bits per heavy atom. The van der Waals surface area contributed by atoms with Gasteiger partial charge >= 0.3 is 0 Å². The number of nitrogens with zero attached hydrogens (tertiary/aromatic N) is 1. The van der Waals surface area contributed by atoms with E-state index in [2.05, 4.69) is 6.08 Å². The topological polar surface area (TPSA) is 3.24 Å². The van der Waals surface area contributed by atoms with Gasteiger partial charge in [0.2, 0.25) is 0 Å². The highest BCUT2D eigenvalue weighted by molar-refractivity contribution is 8.67. The quantitative estimate of drug-likeness (QED) is 0.410. The van der Waals surface area contributed by atoms with Gasteiger partial charge in [-0.25, -0.2) is 0 Å². The summed E-state index contributed by atoms with van der Waals surface area (Å²) < 4.78 is 1.98. The van der Waals surface area contributed by atoms with Crippen LogP contribution in [0, 0.1) is 0 Å². The predicted molar refractivity (Wildman–Crippen MR) is 40.2 cm³/mol. The molecule has 0 unspecified atom stereocenters. The van der Waals surface area contributed by atoms with Crippen LogP contribution in [0.4, 0.5) is 0 Å². The number of hydrogen-bond acceptors (Lipinski definition) is 2. The molecule has 1 rings (SSSR count). The van der Waals surface area contributed by atoms with Gasteiger partial charge in [0.05, 0.1) is 0 Å². The average molecular weight is 144 g/mol. The van der Waals surface area contributed by atoms with Crippen LogP contribution in [0.5, 0.6) is 0 Å². The summed E-state index contributed by atoms with van der Waals surface area (Å²) in [6, 6.07) is 0. The van der Waals surface area contributed by atoms with E-state index < -0.39 is 0 Å². The van der Waals surface area contributed by atoms with Gasteiger partial charge in [0.25, 0.3) is 0 Å². The molecule has 1 heterocycles. The van der Waals surface area contributed by atoms with E-state index >= 15 is 0 Å². The summed E-state index contributed by atoms with van der Waals surface area (Å²) >= 11 is 4.73. The molecule has 0 fully saturated rings. The molecule has 0 aliphatic carbocycles. The maximum absolute atomic E-state index is 4.73. The molecular formula is C5H6NS2. The second-order valence-corrected chi connectivity index (χ2v) is 2.51. The van der Waals surface area contributed by atoms with Crippen molar-refractivity contribution >= 4 is 22.6 Å². The molecule has 1 radical (unpaired) electrons. The van der Waals surface area contributed by atoms with E-state index in [0.29, 0.717) is 0 Å².